The predicted molar refractivity (Wildman–Crippen MR) is 131 cm³/mol. The molecule has 0 bridgehead atoms. The van der Waals surface area contributed by atoms with Gasteiger partial charge in [0.25, 0.3) is 0 Å². The summed E-state index contributed by atoms with van der Waals surface area (Å²) in [6.45, 7) is 1.96. The van der Waals surface area contributed by atoms with Gasteiger partial charge >= 0.3 is 0 Å². The number of aromatic nitrogens is 4. The summed E-state index contributed by atoms with van der Waals surface area (Å²) in [5, 5.41) is 5.80. The zero-order valence-corrected chi connectivity index (χ0v) is 20.0. The Balaban J connectivity index is 1.49. The van der Waals surface area contributed by atoms with E-state index in [9.17, 15) is 0 Å². The Bertz CT molecular complexity index is 1330. The number of fused-ring (bicyclic) bond motifs is 2. The molecule has 2 aromatic heterocycles. The van der Waals surface area contributed by atoms with Crippen molar-refractivity contribution in [2.45, 2.75) is 18.9 Å². The number of nitrogens with zero attached hydrogens (tertiary/aromatic N) is 6. The zero-order valence-electron chi connectivity index (χ0n) is 20.0. The third-order valence-electron chi connectivity index (χ3n) is 6.49. The third-order valence-corrected chi connectivity index (χ3v) is 6.49. The summed E-state index contributed by atoms with van der Waals surface area (Å²) in [5.41, 5.74) is 2.67. The maximum Gasteiger partial charge on any atom is 0.193 e. The molecule has 1 saturated heterocycles. The van der Waals surface area contributed by atoms with Crippen molar-refractivity contribution in [3.8, 4) is 17.1 Å². The van der Waals surface area contributed by atoms with Gasteiger partial charge in [-0.3, -0.25) is 4.68 Å². The maximum absolute atomic E-state index is 15.3. The molecule has 0 amide bonds. The van der Waals surface area contributed by atoms with Gasteiger partial charge in [0, 0.05) is 62.1 Å². The molecule has 3 heterocycles. The lowest BCUT2D eigenvalue weighted by Crippen LogP contribution is -2.41. The minimum Gasteiger partial charge on any atom is -0.464 e. The van der Waals surface area contributed by atoms with Crippen molar-refractivity contribution in [2.75, 3.05) is 46.0 Å². The molecule has 0 N–H and O–H groups in total. The number of piperidine rings is 1. The van der Waals surface area contributed by atoms with Gasteiger partial charge in [0.15, 0.2) is 24.2 Å². The van der Waals surface area contributed by atoms with Crippen LogP contribution in [0.15, 0.2) is 36.7 Å². The Hall–Kier alpha value is -3.30. The predicted octanol–water partition coefficient (Wildman–Crippen LogP) is 3.84. The summed E-state index contributed by atoms with van der Waals surface area (Å²) in [4.78, 5) is 14.0. The number of ether oxygens (including phenoxy) is 2. The highest BCUT2D eigenvalue weighted by Crippen LogP contribution is 2.36. The van der Waals surface area contributed by atoms with E-state index in [1.165, 1.54) is 12.8 Å². The second-order valence-corrected chi connectivity index (χ2v) is 8.98. The molecule has 5 rings (SSSR count). The highest BCUT2D eigenvalue weighted by Gasteiger charge is 2.22. The van der Waals surface area contributed by atoms with E-state index >= 15 is 4.39 Å². The number of hydrogen-bond donors (Lipinski definition) is 0. The fourth-order valence-corrected chi connectivity index (χ4v) is 4.64. The molecule has 1 fully saturated rings. The van der Waals surface area contributed by atoms with E-state index in [-0.39, 0.29) is 18.1 Å². The lowest BCUT2D eigenvalue weighted by molar-refractivity contribution is 0.0489. The first-order valence-corrected chi connectivity index (χ1v) is 11.4. The maximum atomic E-state index is 15.3. The van der Waals surface area contributed by atoms with Crippen LogP contribution >= 0.6 is 0 Å². The number of benzene rings is 2. The van der Waals surface area contributed by atoms with Gasteiger partial charge in [-0.2, -0.15) is 5.10 Å². The van der Waals surface area contributed by atoms with Crippen LogP contribution in [0.4, 0.5) is 10.1 Å². The number of aryl methyl sites for hydroxylation is 1. The first-order chi connectivity index (χ1) is 16.4. The van der Waals surface area contributed by atoms with Crippen molar-refractivity contribution in [1.82, 2.24) is 24.6 Å². The summed E-state index contributed by atoms with van der Waals surface area (Å²) in [6.07, 6.45) is 5.84. The van der Waals surface area contributed by atoms with E-state index < -0.39 is 5.82 Å². The Morgan fingerprint density at radius 2 is 1.94 bits per heavy atom. The van der Waals surface area contributed by atoms with Crippen LogP contribution in [0.2, 0.25) is 0 Å². The van der Waals surface area contributed by atoms with Crippen LogP contribution in [0, 0.1) is 5.82 Å². The molecule has 1 aliphatic rings. The van der Waals surface area contributed by atoms with Gasteiger partial charge < -0.3 is 19.3 Å². The lowest BCUT2D eigenvalue weighted by Gasteiger charge is -2.36. The van der Waals surface area contributed by atoms with Crippen LogP contribution in [0.1, 0.15) is 12.8 Å². The first-order valence-electron chi connectivity index (χ1n) is 11.4. The molecule has 9 heteroatoms. The number of rotatable bonds is 6. The minimum absolute atomic E-state index is 0.0350. The molecular formula is C25H29FN6O2. The Labute approximate surface area is 197 Å². The fraction of sp³-hybridized carbons (Fsp3) is 0.400. The quantitative estimate of drug-likeness (QED) is 0.402. The van der Waals surface area contributed by atoms with Crippen LogP contribution in [-0.2, 0) is 11.8 Å². The van der Waals surface area contributed by atoms with Gasteiger partial charge in [0.1, 0.15) is 5.52 Å². The van der Waals surface area contributed by atoms with E-state index in [1.54, 1.807) is 30.2 Å². The number of methoxy groups -OCH3 is 1. The average molecular weight is 465 g/mol. The Kier molecular flexibility index (Phi) is 6.05. The molecule has 0 saturated carbocycles. The lowest BCUT2D eigenvalue weighted by atomic mass is 10.0. The van der Waals surface area contributed by atoms with Crippen LogP contribution < -0.4 is 9.64 Å². The van der Waals surface area contributed by atoms with Gasteiger partial charge in [-0.15, -0.1) is 0 Å². The fourth-order valence-electron chi connectivity index (χ4n) is 4.64. The topological polar surface area (TPSA) is 68.5 Å². The molecule has 0 radical (unpaired) electrons. The van der Waals surface area contributed by atoms with Crippen molar-refractivity contribution < 1.29 is 13.9 Å². The molecule has 2 aromatic carbocycles. The molecule has 4 aromatic rings. The molecule has 0 unspecified atom stereocenters. The van der Waals surface area contributed by atoms with E-state index in [0.29, 0.717) is 22.8 Å². The second kappa shape index (κ2) is 9.15. The Morgan fingerprint density at radius 3 is 2.68 bits per heavy atom. The highest BCUT2D eigenvalue weighted by molar-refractivity contribution is 5.89. The molecule has 0 spiro atoms. The second-order valence-electron chi connectivity index (χ2n) is 8.98. The number of halogens is 1. The summed E-state index contributed by atoms with van der Waals surface area (Å²) in [7, 11) is 7.54. The van der Waals surface area contributed by atoms with Gasteiger partial charge in [-0.1, -0.05) is 0 Å². The standard InChI is InChI=1S/C25H29FN6O2/c1-30(2)18-7-9-32(10-8-18)19-5-6-21-16(11-19)13-27-25(28-21)20-12-17-14-31(3)29-23(17)22(26)24(20)34-15-33-4/h5-6,11-14,18H,7-10,15H2,1-4H3. The van der Waals surface area contributed by atoms with Gasteiger partial charge in [0.05, 0.1) is 11.1 Å². The summed E-state index contributed by atoms with van der Waals surface area (Å²) in [5.74, 6) is -0.124. The molecule has 8 nitrogen and oxygen atoms in total. The average Bonchev–Trinajstić information content (AvgIpc) is 3.23. The van der Waals surface area contributed by atoms with Gasteiger partial charge in [-0.05, 0) is 51.2 Å². The SMILES string of the molecule is COCOc1c(-c2ncc3cc(N4CCC(N(C)C)CC4)ccc3n2)cc2cn(C)nc2c1F. The van der Waals surface area contributed by atoms with Crippen LogP contribution in [0.25, 0.3) is 33.2 Å². The van der Waals surface area contributed by atoms with Gasteiger partial charge in [0.2, 0.25) is 0 Å². The van der Waals surface area contributed by atoms with Gasteiger partial charge in [-0.25, -0.2) is 14.4 Å². The van der Waals surface area contributed by atoms with Crippen LogP contribution in [0.3, 0.4) is 0 Å². The van der Waals surface area contributed by atoms with Crippen molar-refractivity contribution in [3.05, 3.63) is 42.5 Å². The summed E-state index contributed by atoms with van der Waals surface area (Å²) < 4.78 is 27.4. The van der Waals surface area contributed by atoms with Crippen molar-refractivity contribution in [2.24, 2.45) is 7.05 Å². The van der Waals surface area contributed by atoms with Crippen LogP contribution in [-0.4, -0.2) is 71.8 Å². The third kappa shape index (κ3) is 4.17. The van der Waals surface area contributed by atoms with Crippen molar-refractivity contribution in [3.63, 3.8) is 0 Å². The number of anilines is 1. The van der Waals surface area contributed by atoms with E-state index in [4.69, 9.17) is 14.5 Å². The summed E-state index contributed by atoms with van der Waals surface area (Å²) >= 11 is 0. The largest absolute Gasteiger partial charge is 0.464 e. The van der Waals surface area contributed by atoms with E-state index in [1.807, 2.05) is 6.07 Å². The molecule has 34 heavy (non-hydrogen) atoms. The van der Waals surface area contributed by atoms with Crippen molar-refractivity contribution >= 4 is 27.5 Å². The highest BCUT2D eigenvalue weighted by atomic mass is 19.1. The molecule has 1 aliphatic heterocycles. The molecule has 178 valence electrons. The zero-order chi connectivity index (χ0) is 23.8. The molecule has 0 atom stereocenters. The smallest absolute Gasteiger partial charge is 0.193 e. The number of hydrogen-bond acceptors (Lipinski definition) is 7. The summed E-state index contributed by atoms with van der Waals surface area (Å²) in [6, 6.07) is 8.67. The monoisotopic (exact) mass is 464 g/mol. The van der Waals surface area contributed by atoms with Crippen LogP contribution in [0.5, 0.6) is 5.75 Å². The molecule has 0 aliphatic carbocycles. The van der Waals surface area contributed by atoms with E-state index in [0.717, 1.165) is 36.8 Å². The Morgan fingerprint density at radius 1 is 1.15 bits per heavy atom. The normalized spacial score (nSPS) is 15.1. The van der Waals surface area contributed by atoms with Crippen molar-refractivity contribution in [1.29, 1.82) is 0 Å². The first kappa shape index (κ1) is 22.5. The van der Waals surface area contributed by atoms with E-state index in [2.05, 4.69) is 46.1 Å². The minimum atomic E-state index is -0.551. The molecular weight excluding hydrogens is 435 g/mol.